The van der Waals surface area contributed by atoms with Gasteiger partial charge in [-0.15, -0.1) is 0 Å². The van der Waals surface area contributed by atoms with Gasteiger partial charge in [0.25, 0.3) is 5.91 Å². The summed E-state index contributed by atoms with van der Waals surface area (Å²) in [4.78, 5) is 67.1. The topological polar surface area (TPSA) is 149 Å². The molecule has 11 heteroatoms. The molecule has 0 bridgehead atoms. The lowest BCUT2D eigenvalue weighted by Gasteiger charge is -2.25. The Morgan fingerprint density at radius 2 is 1.66 bits per heavy atom. The van der Waals surface area contributed by atoms with E-state index in [2.05, 4.69) is 15.6 Å². The number of amides is 3. The van der Waals surface area contributed by atoms with Crippen LogP contribution in [0.3, 0.4) is 0 Å². The van der Waals surface area contributed by atoms with E-state index in [-0.39, 0.29) is 41.5 Å². The number of hydrogen-bond acceptors (Lipinski definition) is 5. The molecule has 2 unspecified atom stereocenters. The maximum absolute atomic E-state index is 13.8. The van der Waals surface area contributed by atoms with Crippen molar-refractivity contribution in [3.63, 3.8) is 0 Å². The Morgan fingerprint density at radius 3 is 2.30 bits per heavy atom. The van der Waals surface area contributed by atoms with E-state index in [0.717, 1.165) is 12.0 Å². The molecule has 0 saturated heterocycles. The molecule has 44 heavy (non-hydrogen) atoms. The average molecular weight is 615 g/mol. The van der Waals surface area contributed by atoms with E-state index in [1.165, 1.54) is 35.2 Å². The summed E-state index contributed by atoms with van der Waals surface area (Å²) in [6.45, 7) is 2.10. The summed E-state index contributed by atoms with van der Waals surface area (Å²) < 4.78 is 0. The minimum Gasteiger partial charge on any atom is -0.478 e. The smallest absolute Gasteiger partial charge is 0.335 e. The van der Waals surface area contributed by atoms with Gasteiger partial charge in [0, 0.05) is 59.2 Å². The van der Waals surface area contributed by atoms with Crippen LogP contribution in [0.4, 0.5) is 5.69 Å². The first kappa shape index (κ1) is 30.5. The summed E-state index contributed by atoms with van der Waals surface area (Å²) >= 11 is 6.20. The van der Waals surface area contributed by atoms with E-state index in [1.54, 1.807) is 49.5 Å². The number of carboxylic acids is 1. The summed E-state index contributed by atoms with van der Waals surface area (Å²) in [5.74, 6) is -1.69. The lowest BCUT2D eigenvalue weighted by Crippen LogP contribution is -2.48. The zero-order chi connectivity index (χ0) is 31.5. The molecule has 3 amide bonds. The fraction of sp³-hybridized carbons (Fsp3) is 0.242. The molecule has 3 aromatic carbocycles. The van der Waals surface area contributed by atoms with Crippen LogP contribution in [0.1, 0.15) is 45.2 Å². The molecule has 0 aliphatic heterocycles. The van der Waals surface area contributed by atoms with Crippen molar-refractivity contribution in [1.29, 1.82) is 0 Å². The number of pyridine rings is 1. The Kier molecular flexibility index (Phi) is 8.82. The monoisotopic (exact) mass is 614 g/mol. The van der Waals surface area contributed by atoms with Crippen molar-refractivity contribution in [2.45, 2.75) is 32.4 Å². The standard InChI is InChI=1S/C33H31ClN4O6/c1-18-13-25(18)31(41)35-24-10-3-19(4-11-24)14-28(37-30(40)20-5-7-21(8-6-20)33(43)44)32(42)38(2)17-22-15-29(39)36-27-12-9-23(34)16-26(22)27/h3-12,15-16,18,25,28H,13-14,17H2,1-2H3,(H,35,41)(H,36,39)(H,37,40)(H,43,44)/t18?,25?,28-/m0/s1. The minimum atomic E-state index is -1.12. The first-order valence-corrected chi connectivity index (χ1v) is 14.5. The average Bonchev–Trinajstić information content (AvgIpc) is 3.74. The minimum absolute atomic E-state index is 0.0188. The largest absolute Gasteiger partial charge is 0.478 e. The number of anilines is 1. The third-order valence-electron chi connectivity index (χ3n) is 7.78. The number of aromatic amines is 1. The Hall–Kier alpha value is -4.96. The maximum atomic E-state index is 13.8. The van der Waals surface area contributed by atoms with Gasteiger partial charge in [-0.2, -0.15) is 0 Å². The molecule has 1 aliphatic rings. The van der Waals surface area contributed by atoms with Crippen molar-refractivity contribution >= 4 is 51.9 Å². The Bertz CT molecular complexity index is 1800. The predicted octanol–water partition coefficient (Wildman–Crippen LogP) is 4.47. The first-order valence-electron chi connectivity index (χ1n) is 14.1. The van der Waals surface area contributed by atoms with Crippen LogP contribution in [-0.4, -0.2) is 51.8 Å². The number of aromatic carboxylic acids is 1. The van der Waals surface area contributed by atoms with Gasteiger partial charge in [-0.25, -0.2) is 4.79 Å². The number of H-pyrrole nitrogens is 1. The van der Waals surface area contributed by atoms with Crippen LogP contribution in [-0.2, 0) is 22.6 Å². The van der Waals surface area contributed by atoms with Crippen molar-refractivity contribution < 1.29 is 24.3 Å². The molecule has 1 saturated carbocycles. The molecule has 1 aromatic heterocycles. The molecule has 4 N–H and O–H groups in total. The fourth-order valence-electron chi connectivity index (χ4n) is 5.11. The molecular formula is C33H31ClN4O6. The third kappa shape index (κ3) is 7.15. The van der Waals surface area contributed by atoms with Gasteiger partial charge in [-0.1, -0.05) is 30.7 Å². The highest BCUT2D eigenvalue weighted by Crippen LogP contribution is 2.38. The SMILES string of the molecule is CC1CC1C(=O)Nc1ccc(C[C@H](NC(=O)c2ccc(C(=O)O)cc2)C(=O)N(C)Cc2cc(=O)[nH]c3ccc(Cl)cc23)cc1. The van der Waals surface area contributed by atoms with Crippen molar-refractivity contribution in [2.75, 3.05) is 12.4 Å². The van der Waals surface area contributed by atoms with E-state index in [9.17, 15) is 29.1 Å². The number of nitrogens with one attached hydrogen (secondary N) is 3. The lowest BCUT2D eigenvalue weighted by molar-refractivity contribution is -0.132. The van der Waals surface area contributed by atoms with Crippen LogP contribution in [0.15, 0.2) is 77.6 Å². The molecule has 1 heterocycles. The van der Waals surface area contributed by atoms with Crippen LogP contribution in [0.25, 0.3) is 10.9 Å². The first-order chi connectivity index (χ1) is 21.0. The summed E-state index contributed by atoms with van der Waals surface area (Å²) in [5.41, 5.74) is 2.44. The van der Waals surface area contributed by atoms with E-state index in [1.807, 2.05) is 6.92 Å². The molecular weight excluding hydrogens is 584 g/mol. The Morgan fingerprint density at radius 1 is 1.00 bits per heavy atom. The van der Waals surface area contributed by atoms with E-state index in [0.29, 0.717) is 33.1 Å². The second kappa shape index (κ2) is 12.7. The van der Waals surface area contributed by atoms with Gasteiger partial charge in [0.1, 0.15) is 6.04 Å². The van der Waals surface area contributed by atoms with Crippen LogP contribution >= 0.6 is 11.6 Å². The molecule has 1 fully saturated rings. The number of carbonyl (C=O) groups is 4. The van der Waals surface area contributed by atoms with Gasteiger partial charge in [0.2, 0.25) is 17.4 Å². The fourth-order valence-corrected chi connectivity index (χ4v) is 5.29. The maximum Gasteiger partial charge on any atom is 0.335 e. The van der Waals surface area contributed by atoms with Crippen molar-refractivity contribution in [3.05, 3.63) is 110 Å². The second-order valence-corrected chi connectivity index (χ2v) is 11.6. The van der Waals surface area contributed by atoms with Crippen LogP contribution < -0.4 is 16.2 Å². The quantitative estimate of drug-likeness (QED) is 0.207. The number of likely N-dealkylation sites (N-methyl/N-ethyl adjacent to an activating group) is 1. The number of carboxylic acid groups (broad SMARTS) is 1. The molecule has 10 nitrogen and oxygen atoms in total. The van der Waals surface area contributed by atoms with Crippen molar-refractivity contribution in [3.8, 4) is 0 Å². The molecule has 5 rings (SSSR count). The zero-order valence-electron chi connectivity index (χ0n) is 24.1. The van der Waals surface area contributed by atoms with Gasteiger partial charge < -0.3 is 25.6 Å². The number of hydrogen-bond donors (Lipinski definition) is 4. The highest BCUT2D eigenvalue weighted by molar-refractivity contribution is 6.31. The normalized spacial score (nSPS) is 16.2. The van der Waals surface area contributed by atoms with Gasteiger partial charge in [0.15, 0.2) is 0 Å². The number of fused-ring (bicyclic) bond motifs is 1. The Balaban J connectivity index is 1.37. The number of halogens is 1. The van der Waals surface area contributed by atoms with Gasteiger partial charge >= 0.3 is 5.97 Å². The van der Waals surface area contributed by atoms with Crippen molar-refractivity contribution in [1.82, 2.24) is 15.2 Å². The van der Waals surface area contributed by atoms with Crippen LogP contribution in [0.2, 0.25) is 5.02 Å². The Labute approximate surface area is 258 Å². The second-order valence-electron chi connectivity index (χ2n) is 11.2. The number of rotatable bonds is 10. The van der Waals surface area contributed by atoms with Gasteiger partial charge in [-0.05, 0) is 78.1 Å². The van der Waals surface area contributed by atoms with E-state index in [4.69, 9.17) is 11.6 Å². The molecule has 0 radical (unpaired) electrons. The number of benzene rings is 3. The zero-order valence-corrected chi connectivity index (χ0v) is 24.9. The van der Waals surface area contributed by atoms with Crippen molar-refractivity contribution in [2.24, 2.45) is 11.8 Å². The molecule has 0 spiro atoms. The van der Waals surface area contributed by atoms with Gasteiger partial charge in [-0.3, -0.25) is 19.2 Å². The van der Waals surface area contributed by atoms with Crippen LogP contribution in [0.5, 0.6) is 0 Å². The van der Waals surface area contributed by atoms with E-state index >= 15 is 0 Å². The van der Waals surface area contributed by atoms with Crippen LogP contribution in [0, 0.1) is 11.8 Å². The molecule has 226 valence electrons. The number of aromatic nitrogens is 1. The number of nitrogens with zero attached hydrogens (tertiary/aromatic N) is 1. The summed E-state index contributed by atoms with van der Waals surface area (Å²) in [6, 6.07) is 18.0. The molecule has 3 atom stereocenters. The summed E-state index contributed by atoms with van der Waals surface area (Å²) in [7, 11) is 1.58. The molecule has 1 aliphatic carbocycles. The van der Waals surface area contributed by atoms with Gasteiger partial charge in [0.05, 0.1) is 5.56 Å². The summed E-state index contributed by atoms with van der Waals surface area (Å²) in [5, 5.41) is 16.1. The highest BCUT2D eigenvalue weighted by atomic mass is 35.5. The lowest BCUT2D eigenvalue weighted by atomic mass is 10.0. The summed E-state index contributed by atoms with van der Waals surface area (Å²) in [6.07, 6.45) is 1.01. The third-order valence-corrected chi connectivity index (χ3v) is 8.01. The van der Waals surface area contributed by atoms with E-state index < -0.39 is 23.8 Å². The molecule has 4 aromatic rings. The predicted molar refractivity (Wildman–Crippen MR) is 167 cm³/mol. The number of carbonyl (C=O) groups excluding carboxylic acids is 3. The highest BCUT2D eigenvalue weighted by Gasteiger charge is 2.39.